The molecule has 3 nitrogen and oxygen atoms in total. The topological polar surface area (TPSA) is 43.4 Å². The van der Waals surface area contributed by atoms with E-state index in [2.05, 4.69) is 20.4 Å². The van der Waals surface area contributed by atoms with Crippen LogP contribution < -0.4 is 0 Å². The van der Waals surface area contributed by atoms with Crippen LogP contribution in [0.4, 0.5) is 0 Å². The Hall–Kier alpha value is -0.510. The molecule has 0 spiro atoms. The molecule has 1 aliphatic carbocycles. The fourth-order valence-electron chi connectivity index (χ4n) is 3.01. The molecule has 15 heavy (non-hydrogen) atoms. The van der Waals surface area contributed by atoms with Gasteiger partial charge in [-0.1, -0.05) is 33.8 Å². The summed E-state index contributed by atoms with van der Waals surface area (Å²) in [7, 11) is -3.41. The molecule has 0 bridgehead atoms. The fraction of sp³-hybridized carbons (Fsp3) is 0.818. The number of hydrogen-bond donors (Lipinski definition) is 0. The molecular weight excluding hydrogens is 212 g/mol. The second-order valence-electron chi connectivity index (χ2n) is 5.45. The average molecular weight is 230 g/mol. The molecule has 0 radical (unpaired) electrons. The van der Waals surface area contributed by atoms with Crippen LogP contribution >= 0.6 is 0 Å². The predicted molar refractivity (Wildman–Crippen MR) is 58.7 cm³/mol. The molecule has 3 atom stereocenters. The summed E-state index contributed by atoms with van der Waals surface area (Å²) < 4.78 is 28.5. The number of allylic oxidation sites excluding steroid dienone is 1. The van der Waals surface area contributed by atoms with Crippen molar-refractivity contribution in [2.24, 2.45) is 10.8 Å². The smallest absolute Gasteiger partial charge is 0.312 e. The van der Waals surface area contributed by atoms with Crippen LogP contribution in [0.25, 0.3) is 0 Å². The van der Waals surface area contributed by atoms with Gasteiger partial charge in [-0.25, -0.2) is 0 Å². The van der Waals surface area contributed by atoms with Crippen molar-refractivity contribution in [1.29, 1.82) is 0 Å². The van der Waals surface area contributed by atoms with E-state index in [0.29, 0.717) is 12.2 Å². The van der Waals surface area contributed by atoms with Crippen LogP contribution in [-0.2, 0) is 14.3 Å². The summed E-state index contributed by atoms with van der Waals surface area (Å²) in [4.78, 5) is 0. The maximum atomic E-state index is 11.8. The van der Waals surface area contributed by atoms with Crippen molar-refractivity contribution in [3.05, 3.63) is 12.3 Å². The Bertz CT molecular complexity index is 412. The van der Waals surface area contributed by atoms with Gasteiger partial charge in [0.25, 0.3) is 0 Å². The van der Waals surface area contributed by atoms with Gasteiger partial charge in [-0.05, 0) is 18.3 Å². The maximum Gasteiger partial charge on any atom is 0.312 e. The molecule has 2 aliphatic rings. The average Bonchev–Trinajstić information content (AvgIpc) is 2.47. The molecule has 0 N–H and O–H groups in total. The van der Waals surface area contributed by atoms with E-state index < -0.39 is 10.1 Å². The molecule has 86 valence electrons. The van der Waals surface area contributed by atoms with Gasteiger partial charge in [-0.2, -0.15) is 8.42 Å². The largest absolute Gasteiger partial charge is 0.387 e. The molecule has 0 aromatic carbocycles. The van der Waals surface area contributed by atoms with E-state index in [4.69, 9.17) is 4.18 Å². The van der Waals surface area contributed by atoms with E-state index in [-0.39, 0.29) is 16.1 Å². The molecule has 1 aliphatic heterocycles. The number of hydrogen-bond acceptors (Lipinski definition) is 3. The summed E-state index contributed by atoms with van der Waals surface area (Å²) in [6.45, 7) is 9.99. The molecule has 1 saturated heterocycles. The SMILES string of the molecule is C=C1OS(=O)(=O)C2CC(C)(CC)CC12C. The zero-order valence-electron chi connectivity index (χ0n) is 9.54. The lowest BCUT2D eigenvalue weighted by Gasteiger charge is -2.25. The van der Waals surface area contributed by atoms with Gasteiger partial charge in [-0.3, -0.25) is 0 Å². The highest BCUT2D eigenvalue weighted by Crippen LogP contribution is 2.60. The summed E-state index contributed by atoms with van der Waals surface area (Å²) in [5, 5.41) is -0.387. The van der Waals surface area contributed by atoms with Crippen LogP contribution in [0.15, 0.2) is 12.3 Å². The molecule has 3 unspecified atom stereocenters. The Morgan fingerprint density at radius 2 is 2.13 bits per heavy atom. The molecular formula is C11H18O3S. The summed E-state index contributed by atoms with van der Waals surface area (Å²) in [6.07, 6.45) is 2.56. The van der Waals surface area contributed by atoms with Crippen molar-refractivity contribution in [1.82, 2.24) is 0 Å². The first-order valence-corrected chi connectivity index (χ1v) is 6.83. The van der Waals surface area contributed by atoms with E-state index in [1.165, 1.54) is 0 Å². The highest BCUT2D eigenvalue weighted by Gasteiger charge is 2.62. The van der Waals surface area contributed by atoms with Gasteiger partial charge < -0.3 is 4.18 Å². The third-order valence-electron chi connectivity index (χ3n) is 4.24. The maximum absolute atomic E-state index is 11.8. The van der Waals surface area contributed by atoms with Crippen molar-refractivity contribution in [2.45, 2.75) is 45.3 Å². The van der Waals surface area contributed by atoms with Gasteiger partial charge in [0.05, 0.1) is 0 Å². The fourth-order valence-corrected chi connectivity index (χ4v) is 5.05. The highest BCUT2D eigenvalue weighted by molar-refractivity contribution is 7.87. The quantitative estimate of drug-likeness (QED) is 0.650. The lowest BCUT2D eigenvalue weighted by molar-refractivity contribution is 0.247. The molecule has 0 aromatic heterocycles. The second-order valence-corrected chi connectivity index (χ2v) is 7.17. The van der Waals surface area contributed by atoms with Crippen molar-refractivity contribution < 1.29 is 12.6 Å². The predicted octanol–water partition coefficient (Wildman–Crippen LogP) is 2.45. The molecule has 4 heteroatoms. The van der Waals surface area contributed by atoms with Crippen LogP contribution in [0.5, 0.6) is 0 Å². The van der Waals surface area contributed by atoms with Gasteiger partial charge in [0.1, 0.15) is 11.0 Å². The van der Waals surface area contributed by atoms with Crippen molar-refractivity contribution in [3.63, 3.8) is 0 Å². The third-order valence-corrected chi connectivity index (χ3v) is 6.06. The summed E-state index contributed by atoms with van der Waals surface area (Å²) in [5.41, 5.74) is -0.261. The Balaban J connectivity index is 2.46. The highest BCUT2D eigenvalue weighted by atomic mass is 32.2. The van der Waals surface area contributed by atoms with Crippen LogP contribution in [0.1, 0.15) is 40.0 Å². The Labute approximate surface area is 91.6 Å². The zero-order chi connectivity index (χ0) is 11.5. The molecule has 1 saturated carbocycles. The van der Waals surface area contributed by atoms with E-state index in [9.17, 15) is 8.42 Å². The minimum Gasteiger partial charge on any atom is -0.387 e. The lowest BCUT2D eigenvalue weighted by Crippen LogP contribution is -2.25. The van der Waals surface area contributed by atoms with Crippen LogP contribution in [-0.4, -0.2) is 13.7 Å². The monoisotopic (exact) mass is 230 g/mol. The van der Waals surface area contributed by atoms with E-state index >= 15 is 0 Å². The zero-order valence-corrected chi connectivity index (χ0v) is 10.4. The van der Waals surface area contributed by atoms with Gasteiger partial charge in [-0.15, -0.1) is 0 Å². The Morgan fingerprint density at radius 3 is 2.60 bits per heavy atom. The summed E-state index contributed by atoms with van der Waals surface area (Å²) in [5.74, 6) is 0.435. The second kappa shape index (κ2) is 2.78. The molecule has 2 fully saturated rings. The first-order chi connectivity index (χ1) is 6.73. The minimum absolute atomic E-state index is 0.110. The third kappa shape index (κ3) is 1.34. The van der Waals surface area contributed by atoms with Crippen LogP contribution in [0.3, 0.4) is 0 Å². The van der Waals surface area contributed by atoms with E-state index in [0.717, 1.165) is 12.8 Å². The van der Waals surface area contributed by atoms with Gasteiger partial charge in [0, 0.05) is 5.41 Å². The van der Waals surface area contributed by atoms with Gasteiger partial charge >= 0.3 is 10.1 Å². The number of rotatable bonds is 1. The normalized spacial score (nSPS) is 47.7. The Kier molecular flexibility index (Phi) is 2.04. The standard InChI is InChI=1S/C11H18O3S/c1-5-10(3)6-9-11(4,7-10)8(2)14-15(9,12)13/h9H,2,5-7H2,1,3-4H3. The molecule has 2 rings (SSSR count). The summed E-state index contributed by atoms with van der Waals surface area (Å²) in [6, 6.07) is 0. The summed E-state index contributed by atoms with van der Waals surface area (Å²) >= 11 is 0. The van der Waals surface area contributed by atoms with Gasteiger partial charge in [0.15, 0.2) is 0 Å². The lowest BCUT2D eigenvalue weighted by atomic mass is 9.79. The number of fused-ring (bicyclic) bond motifs is 1. The van der Waals surface area contributed by atoms with Crippen LogP contribution in [0, 0.1) is 10.8 Å². The molecule has 0 amide bonds. The molecule has 0 aromatic rings. The van der Waals surface area contributed by atoms with E-state index in [1.807, 2.05) is 6.92 Å². The van der Waals surface area contributed by atoms with Crippen molar-refractivity contribution >= 4 is 10.1 Å². The first-order valence-electron chi connectivity index (χ1n) is 5.36. The van der Waals surface area contributed by atoms with E-state index in [1.54, 1.807) is 0 Å². The van der Waals surface area contributed by atoms with Gasteiger partial charge in [0.2, 0.25) is 0 Å². The molecule has 1 heterocycles. The minimum atomic E-state index is -3.41. The van der Waals surface area contributed by atoms with Crippen LogP contribution in [0.2, 0.25) is 0 Å². The van der Waals surface area contributed by atoms with Crippen molar-refractivity contribution in [3.8, 4) is 0 Å². The van der Waals surface area contributed by atoms with Crippen molar-refractivity contribution in [2.75, 3.05) is 0 Å². The first kappa shape index (κ1) is 11.0. The Morgan fingerprint density at radius 1 is 1.53 bits per heavy atom.